The molecule has 0 radical (unpaired) electrons. The zero-order valence-electron chi connectivity index (χ0n) is 13.9. The summed E-state index contributed by atoms with van der Waals surface area (Å²) in [5.41, 5.74) is 2.51. The molecule has 0 amide bonds. The Kier molecular flexibility index (Phi) is 4.43. The summed E-state index contributed by atoms with van der Waals surface area (Å²) >= 11 is 0. The molecule has 134 valence electrons. The van der Waals surface area contributed by atoms with Crippen LogP contribution >= 0.6 is 0 Å². The Hall–Kier alpha value is -3.27. The molecule has 0 aliphatic rings. The fraction of sp³-hybridized carbons (Fsp3) is 0.125. The van der Waals surface area contributed by atoms with Gasteiger partial charge in [-0.3, -0.25) is 10.1 Å². The molecule has 2 aromatic heterocycles. The molecule has 0 saturated heterocycles. The Balaban J connectivity index is 1.88. The molecular formula is C16H15N5O4S. The lowest BCUT2D eigenvalue weighted by molar-refractivity contribution is -0.385. The van der Waals surface area contributed by atoms with Crippen LogP contribution in [0.2, 0.25) is 0 Å². The molecule has 26 heavy (non-hydrogen) atoms. The summed E-state index contributed by atoms with van der Waals surface area (Å²) in [6.45, 7) is 3.48. The Morgan fingerprint density at radius 1 is 1.27 bits per heavy atom. The van der Waals surface area contributed by atoms with Crippen molar-refractivity contribution >= 4 is 27.4 Å². The summed E-state index contributed by atoms with van der Waals surface area (Å²) in [4.78, 5) is 12.1. The number of aromatic nitrogens is 2. The van der Waals surface area contributed by atoms with E-state index >= 15 is 0 Å². The van der Waals surface area contributed by atoms with E-state index in [1.807, 2.05) is 19.1 Å². The lowest BCUT2D eigenvalue weighted by Crippen LogP contribution is -2.19. The number of nitrogens with zero attached hydrogens (tertiary/aromatic N) is 4. The molecule has 0 fully saturated rings. The first-order chi connectivity index (χ1) is 12.3. The molecule has 0 unspecified atom stereocenters. The predicted molar refractivity (Wildman–Crippen MR) is 95.7 cm³/mol. The second kappa shape index (κ2) is 6.56. The monoisotopic (exact) mass is 373 g/mol. The van der Waals surface area contributed by atoms with Crippen LogP contribution in [0, 0.1) is 24.0 Å². The van der Waals surface area contributed by atoms with Gasteiger partial charge >= 0.3 is 0 Å². The normalized spacial score (nSPS) is 11.9. The third kappa shape index (κ3) is 3.40. The molecule has 0 aliphatic heterocycles. The van der Waals surface area contributed by atoms with E-state index in [2.05, 4.69) is 15.0 Å². The van der Waals surface area contributed by atoms with Gasteiger partial charge in [0, 0.05) is 23.9 Å². The molecular weight excluding hydrogens is 358 g/mol. The van der Waals surface area contributed by atoms with Crippen LogP contribution in [0.5, 0.6) is 0 Å². The minimum absolute atomic E-state index is 0.195. The highest BCUT2D eigenvalue weighted by Gasteiger charge is 2.20. The lowest BCUT2D eigenvalue weighted by atomic mass is 10.2. The molecule has 0 atom stereocenters. The second-order valence-corrected chi connectivity index (χ2v) is 7.32. The standard InChI is InChI=1S/C16H15N5O4S/c1-11-5-6-20-15(7-11)13(10-18-20)9-17-19-26(24,25)16-8-14(21(22)23)4-3-12(16)2/h3-10,19H,1-2H3. The van der Waals surface area contributed by atoms with Crippen LogP contribution in [0.15, 0.2) is 52.7 Å². The largest absolute Gasteiger partial charge is 0.277 e. The Morgan fingerprint density at radius 2 is 2.04 bits per heavy atom. The molecule has 0 aliphatic carbocycles. The average molecular weight is 373 g/mol. The van der Waals surface area contributed by atoms with Crippen molar-refractivity contribution in [2.24, 2.45) is 5.10 Å². The Labute approximate surface area is 149 Å². The smallest absolute Gasteiger partial charge is 0.258 e. The Morgan fingerprint density at radius 3 is 2.77 bits per heavy atom. The number of hydrogen-bond acceptors (Lipinski definition) is 6. The lowest BCUT2D eigenvalue weighted by Gasteiger charge is -2.06. The molecule has 1 N–H and O–H groups in total. The third-order valence-electron chi connectivity index (χ3n) is 3.76. The number of nitro groups is 1. The highest BCUT2D eigenvalue weighted by Crippen LogP contribution is 2.21. The molecule has 0 saturated carbocycles. The number of fused-ring (bicyclic) bond motifs is 1. The highest BCUT2D eigenvalue weighted by atomic mass is 32.2. The first-order valence-electron chi connectivity index (χ1n) is 7.52. The van der Waals surface area contributed by atoms with Crippen LogP contribution in [0.1, 0.15) is 16.7 Å². The van der Waals surface area contributed by atoms with Crippen LogP contribution in [0.3, 0.4) is 0 Å². The van der Waals surface area contributed by atoms with E-state index in [1.54, 1.807) is 23.8 Å². The molecule has 0 bridgehead atoms. The van der Waals surface area contributed by atoms with E-state index < -0.39 is 14.9 Å². The van der Waals surface area contributed by atoms with Crippen LogP contribution in [0.25, 0.3) is 5.52 Å². The summed E-state index contributed by atoms with van der Waals surface area (Å²) in [6.07, 6.45) is 4.69. The number of non-ortho nitro benzene ring substituents is 1. The van der Waals surface area contributed by atoms with Crippen molar-refractivity contribution in [2.75, 3.05) is 0 Å². The molecule has 2 heterocycles. The maximum absolute atomic E-state index is 12.4. The summed E-state index contributed by atoms with van der Waals surface area (Å²) < 4.78 is 26.5. The minimum Gasteiger partial charge on any atom is -0.258 e. The van der Waals surface area contributed by atoms with Crippen molar-refractivity contribution in [1.82, 2.24) is 14.4 Å². The highest BCUT2D eigenvalue weighted by molar-refractivity contribution is 7.89. The number of hydrazone groups is 1. The summed E-state index contributed by atoms with van der Waals surface area (Å²) in [6, 6.07) is 7.43. The van der Waals surface area contributed by atoms with E-state index in [4.69, 9.17) is 0 Å². The number of aryl methyl sites for hydroxylation is 2. The van der Waals surface area contributed by atoms with Gasteiger partial charge in [-0.2, -0.15) is 18.6 Å². The number of rotatable bonds is 5. The van der Waals surface area contributed by atoms with E-state index in [1.165, 1.54) is 18.3 Å². The molecule has 3 rings (SSSR count). The van der Waals surface area contributed by atoms with Crippen molar-refractivity contribution in [3.8, 4) is 0 Å². The van der Waals surface area contributed by atoms with Crippen LogP contribution in [-0.4, -0.2) is 29.2 Å². The maximum Gasteiger partial charge on any atom is 0.277 e. The summed E-state index contributed by atoms with van der Waals surface area (Å²) in [7, 11) is -4.04. The molecule has 3 aromatic rings. The molecule has 10 heteroatoms. The van der Waals surface area contributed by atoms with Gasteiger partial charge in [-0.25, -0.2) is 9.35 Å². The fourth-order valence-corrected chi connectivity index (χ4v) is 3.47. The van der Waals surface area contributed by atoms with Crippen molar-refractivity contribution in [1.29, 1.82) is 0 Å². The number of pyridine rings is 1. The number of sulfonamides is 1. The van der Waals surface area contributed by atoms with Gasteiger partial charge in [-0.15, -0.1) is 0 Å². The predicted octanol–water partition coefficient (Wildman–Crippen LogP) is 2.17. The fourth-order valence-electron chi connectivity index (χ4n) is 2.41. The first kappa shape index (κ1) is 17.5. The third-order valence-corrected chi connectivity index (χ3v) is 5.12. The van der Waals surface area contributed by atoms with Crippen LogP contribution in [-0.2, 0) is 10.0 Å². The molecule has 1 aromatic carbocycles. The van der Waals surface area contributed by atoms with Gasteiger partial charge in [0.15, 0.2) is 0 Å². The van der Waals surface area contributed by atoms with Gasteiger partial charge in [-0.05, 0) is 37.1 Å². The minimum atomic E-state index is -4.04. The summed E-state index contributed by atoms with van der Waals surface area (Å²) in [5.74, 6) is 0. The van der Waals surface area contributed by atoms with Gasteiger partial charge in [0.25, 0.3) is 15.7 Å². The van der Waals surface area contributed by atoms with Gasteiger partial charge in [0.05, 0.1) is 27.7 Å². The number of hydrogen-bond donors (Lipinski definition) is 1. The second-order valence-electron chi connectivity index (χ2n) is 5.69. The van der Waals surface area contributed by atoms with E-state index in [9.17, 15) is 18.5 Å². The van der Waals surface area contributed by atoms with Gasteiger partial charge in [-0.1, -0.05) is 6.07 Å². The van der Waals surface area contributed by atoms with Crippen molar-refractivity contribution in [3.63, 3.8) is 0 Å². The molecule has 9 nitrogen and oxygen atoms in total. The van der Waals surface area contributed by atoms with Gasteiger partial charge < -0.3 is 0 Å². The van der Waals surface area contributed by atoms with Crippen molar-refractivity contribution in [3.05, 3.63) is 69.5 Å². The van der Waals surface area contributed by atoms with Crippen molar-refractivity contribution < 1.29 is 13.3 Å². The number of nitrogens with one attached hydrogen (secondary N) is 1. The van der Waals surface area contributed by atoms with E-state index in [0.29, 0.717) is 11.1 Å². The maximum atomic E-state index is 12.4. The van der Waals surface area contributed by atoms with Crippen molar-refractivity contribution in [2.45, 2.75) is 18.7 Å². The topological polar surface area (TPSA) is 119 Å². The quantitative estimate of drug-likeness (QED) is 0.418. The average Bonchev–Trinajstić information content (AvgIpc) is 2.97. The first-order valence-corrected chi connectivity index (χ1v) is 9.00. The van der Waals surface area contributed by atoms with Crippen LogP contribution in [0.4, 0.5) is 5.69 Å². The van der Waals surface area contributed by atoms with Gasteiger partial charge in [0.2, 0.25) is 0 Å². The van der Waals surface area contributed by atoms with E-state index in [-0.39, 0.29) is 10.6 Å². The van der Waals surface area contributed by atoms with E-state index in [0.717, 1.165) is 17.1 Å². The Bertz CT molecular complexity index is 1130. The van der Waals surface area contributed by atoms with Crippen LogP contribution < -0.4 is 4.83 Å². The SMILES string of the molecule is Cc1ccn2ncc(C=NNS(=O)(=O)c3cc([N+](=O)[O-])ccc3C)c2c1. The molecule has 0 spiro atoms. The van der Waals surface area contributed by atoms with Gasteiger partial charge in [0.1, 0.15) is 0 Å². The number of benzene rings is 1. The zero-order chi connectivity index (χ0) is 18.9. The number of nitro benzene ring substituents is 1. The zero-order valence-corrected chi connectivity index (χ0v) is 14.8. The summed E-state index contributed by atoms with van der Waals surface area (Å²) in [5, 5.41) is 18.8.